The first kappa shape index (κ1) is 19.0. The van der Waals surface area contributed by atoms with E-state index < -0.39 is 12.2 Å². The normalized spacial score (nSPS) is 39.6. The van der Waals surface area contributed by atoms with E-state index in [0.717, 1.165) is 32.4 Å². The van der Waals surface area contributed by atoms with Gasteiger partial charge in [-0.15, -0.1) is 11.3 Å². The molecule has 28 heavy (non-hydrogen) atoms. The number of ether oxygens (including phenoxy) is 1. The Kier molecular flexibility index (Phi) is 4.79. The van der Waals surface area contributed by atoms with Crippen molar-refractivity contribution in [3.8, 4) is 0 Å². The largest absolute Gasteiger partial charge is 0.390 e. The highest BCUT2D eigenvalue weighted by Gasteiger charge is 2.53. The first-order valence-corrected chi connectivity index (χ1v) is 11.5. The Hall–Kier alpha value is -0.990. The number of carbonyl (C=O) groups excluding carboxylic acids is 1. The number of amides is 1. The molecule has 0 radical (unpaired) electrons. The molecule has 0 aromatic carbocycles. The van der Waals surface area contributed by atoms with Crippen molar-refractivity contribution in [1.82, 2.24) is 10.2 Å². The van der Waals surface area contributed by atoms with Gasteiger partial charge < -0.3 is 25.2 Å². The van der Waals surface area contributed by atoms with E-state index in [2.05, 4.69) is 16.8 Å². The molecule has 6 atom stereocenters. The van der Waals surface area contributed by atoms with Crippen LogP contribution in [0.15, 0.2) is 11.4 Å². The smallest absolute Gasteiger partial charge is 0.226 e. The molecule has 4 heterocycles. The number of piperidine rings is 1. The average Bonchev–Trinajstić information content (AvgIpc) is 3.37. The fourth-order valence-corrected chi connectivity index (χ4v) is 7.08. The molecule has 2 saturated heterocycles. The maximum Gasteiger partial charge on any atom is 0.226 e. The molecule has 1 spiro atoms. The summed E-state index contributed by atoms with van der Waals surface area (Å²) in [6, 6.07) is 2.20. The lowest BCUT2D eigenvalue weighted by atomic mass is 9.65. The van der Waals surface area contributed by atoms with Gasteiger partial charge >= 0.3 is 0 Å². The summed E-state index contributed by atoms with van der Waals surface area (Å²) in [5, 5.41) is 26.4. The number of nitrogens with zero attached hydrogens (tertiary/aromatic N) is 1. The minimum Gasteiger partial charge on any atom is -0.390 e. The molecule has 7 heteroatoms. The molecular weight excluding hydrogens is 376 g/mol. The van der Waals surface area contributed by atoms with Crippen LogP contribution in [-0.4, -0.2) is 66.0 Å². The predicted octanol–water partition coefficient (Wildman–Crippen LogP) is 0.962. The van der Waals surface area contributed by atoms with E-state index in [-0.39, 0.29) is 35.2 Å². The van der Waals surface area contributed by atoms with E-state index in [0.29, 0.717) is 19.6 Å². The van der Waals surface area contributed by atoms with Crippen LogP contribution in [0.1, 0.15) is 30.2 Å². The van der Waals surface area contributed by atoms with E-state index in [1.165, 1.54) is 10.4 Å². The zero-order chi connectivity index (χ0) is 19.5. The highest BCUT2D eigenvalue weighted by Crippen LogP contribution is 2.45. The highest BCUT2D eigenvalue weighted by molar-refractivity contribution is 7.10. The third-order valence-electron chi connectivity index (χ3n) is 7.78. The van der Waals surface area contributed by atoms with Crippen LogP contribution in [0.4, 0.5) is 0 Å². The zero-order valence-corrected chi connectivity index (χ0v) is 17.2. The number of hydrogen-bond acceptors (Lipinski definition) is 6. The van der Waals surface area contributed by atoms with Crippen LogP contribution in [0.2, 0.25) is 0 Å². The fraction of sp³-hybridized carbons (Fsp3) is 0.762. The van der Waals surface area contributed by atoms with Gasteiger partial charge in [0.25, 0.3) is 0 Å². The summed E-state index contributed by atoms with van der Waals surface area (Å²) in [6.45, 7) is 5.49. The van der Waals surface area contributed by atoms with Gasteiger partial charge in [-0.25, -0.2) is 0 Å². The first-order chi connectivity index (χ1) is 13.5. The van der Waals surface area contributed by atoms with Crippen molar-refractivity contribution < 1.29 is 19.7 Å². The Labute approximate surface area is 169 Å². The molecule has 1 aliphatic carbocycles. The minimum atomic E-state index is -0.832. The van der Waals surface area contributed by atoms with Gasteiger partial charge in [0.15, 0.2) is 0 Å². The molecule has 1 amide bonds. The van der Waals surface area contributed by atoms with Gasteiger partial charge in [-0.05, 0) is 48.2 Å². The van der Waals surface area contributed by atoms with Crippen molar-refractivity contribution in [3.63, 3.8) is 0 Å². The van der Waals surface area contributed by atoms with Gasteiger partial charge in [-0.2, -0.15) is 0 Å². The summed E-state index contributed by atoms with van der Waals surface area (Å²) in [4.78, 5) is 16.9. The van der Waals surface area contributed by atoms with Crippen molar-refractivity contribution in [2.24, 2.45) is 23.7 Å². The topological polar surface area (TPSA) is 82.0 Å². The standard InChI is InChI=1S/C21H30N2O4S/c1-12-17(13-10-22-11-14(13)19(25)18(12)24)20(26)23-6-4-21(5-7-23)15-3-9-28-16(15)2-8-27-21/h3,9,12-14,17-19,22,24-25H,2,4-8,10-11H2,1H3/t12-,13+,14+,17+,18+,19+/m1/s1. The Balaban J connectivity index is 1.33. The molecule has 3 fully saturated rings. The molecule has 154 valence electrons. The molecular formula is C21H30N2O4S. The number of thiophene rings is 1. The number of hydrogen-bond donors (Lipinski definition) is 3. The number of rotatable bonds is 1. The summed E-state index contributed by atoms with van der Waals surface area (Å²) in [5.74, 6) is -0.240. The Morgan fingerprint density at radius 1 is 1.25 bits per heavy atom. The summed E-state index contributed by atoms with van der Waals surface area (Å²) >= 11 is 1.81. The van der Waals surface area contributed by atoms with Gasteiger partial charge in [0, 0.05) is 42.8 Å². The second kappa shape index (κ2) is 7.06. The summed E-state index contributed by atoms with van der Waals surface area (Å²) in [6.07, 6.45) is 1.09. The van der Waals surface area contributed by atoms with Crippen molar-refractivity contribution in [3.05, 3.63) is 21.9 Å². The van der Waals surface area contributed by atoms with Gasteiger partial charge in [0.1, 0.15) is 0 Å². The van der Waals surface area contributed by atoms with Gasteiger partial charge in [0.2, 0.25) is 5.91 Å². The molecule has 1 aromatic rings. The Bertz CT molecular complexity index is 745. The van der Waals surface area contributed by atoms with Crippen LogP contribution in [0.3, 0.4) is 0 Å². The Morgan fingerprint density at radius 2 is 2.00 bits per heavy atom. The number of fused-ring (bicyclic) bond motifs is 3. The van der Waals surface area contributed by atoms with Crippen molar-refractivity contribution in [2.45, 2.75) is 44.0 Å². The molecule has 0 unspecified atom stereocenters. The van der Waals surface area contributed by atoms with Crippen molar-refractivity contribution >= 4 is 17.2 Å². The molecule has 1 saturated carbocycles. The quantitative estimate of drug-likeness (QED) is 0.647. The van der Waals surface area contributed by atoms with E-state index in [9.17, 15) is 15.0 Å². The van der Waals surface area contributed by atoms with Gasteiger partial charge in [-0.3, -0.25) is 4.79 Å². The van der Waals surface area contributed by atoms with Crippen LogP contribution in [-0.2, 0) is 21.6 Å². The number of likely N-dealkylation sites (tertiary alicyclic amines) is 1. The monoisotopic (exact) mass is 406 g/mol. The molecule has 3 N–H and O–H groups in total. The second-order valence-corrected chi connectivity index (χ2v) is 10.0. The van der Waals surface area contributed by atoms with E-state index in [1.807, 2.05) is 23.2 Å². The molecule has 1 aromatic heterocycles. The van der Waals surface area contributed by atoms with Crippen LogP contribution in [0.5, 0.6) is 0 Å². The molecule has 5 rings (SSSR count). The van der Waals surface area contributed by atoms with Crippen LogP contribution >= 0.6 is 11.3 Å². The SMILES string of the molecule is C[C@H]1[C@H](O)[C@@H](O)[C@H]2CNC[C@@H]2[C@H]1C(=O)N1CCC2(CC1)OCCc1sccc12. The lowest BCUT2D eigenvalue weighted by molar-refractivity contribution is -0.161. The highest BCUT2D eigenvalue weighted by atomic mass is 32.1. The molecule has 3 aliphatic heterocycles. The zero-order valence-electron chi connectivity index (χ0n) is 16.3. The van der Waals surface area contributed by atoms with Crippen LogP contribution in [0, 0.1) is 23.7 Å². The summed E-state index contributed by atoms with van der Waals surface area (Å²) in [7, 11) is 0. The van der Waals surface area contributed by atoms with Crippen LogP contribution < -0.4 is 5.32 Å². The Morgan fingerprint density at radius 3 is 2.79 bits per heavy atom. The predicted molar refractivity (Wildman–Crippen MR) is 106 cm³/mol. The maximum absolute atomic E-state index is 13.5. The number of nitrogens with one attached hydrogen (secondary N) is 1. The number of carbonyl (C=O) groups is 1. The molecule has 6 nitrogen and oxygen atoms in total. The van der Waals surface area contributed by atoms with E-state index in [1.54, 1.807) is 0 Å². The lowest BCUT2D eigenvalue weighted by Gasteiger charge is -2.48. The molecule has 0 bridgehead atoms. The number of aliphatic hydroxyl groups excluding tert-OH is 2. The fourth-order valence-electron chi connectivity index (χ4n) is 6.13. The summed E-state index contributed by atoms with van der Waals surface area (Å²) < 4.78 is 6.27. The maximum atomic E-state index is 13.5. The average molecular weight is 407 g/mol. The van der Waals surface area contributed by atoms with E-state index >= 15 is 0 Å². The molecule has 4 aliphatic rings. The second-order valence-electron chi connectivity index (χ2n) is 9.03. The minimum absolute atomic E-state index is 0.0358. The van der Waals surface area contributed by atoms with Gasteiger partial charge in [-0.1, -0.05) is 6.92 Å². The first-order valence-electron chi connectivity index (χ1n) is 10.6. The third-order valence-corrected chi connectivity index (χ3v) is 8.76. The van der Waals surface area contributed by atoms with Gasteiger partial charge in [0.05, 0.1) is 24.4 Å². The van der Waals surface area contributed by atoms with Crippen molar-refractivity contribution in [2.75, 3.05) is 32.8 Å². The van der Waals surface area contributed by atoms with Crippen LogP contribution in [0.25, 0.3) is 0 Å². The van der Waals surface area contributed by atoms with Crippen molar-refractivity contribution in [1.29, 1.82) is 0 Å². The summed E-state index contributed by atoms with van der Waals surface area (Å²) in [5.41, 5.74) is 1.11. The lowest BCUT2D eigenvalue weighted by Crippen LogP contribution is -2.57. The van der Waals surface area contributed by atoms with E-state index in [4.69, 9.17) is 4.74 Å². The number of aliphatic hydroxyl groups is 2. The third kappa shape index (κ3) is 2.78.